The van der Waals surface area contributed by atoms with Gasteiger partial charge >= 0.3 is 0 Å². The van der Waals surface area contributed by atoms with Crippen molar-refractivity contribution in [2.45, 2.75) is 0 Å². The molecule has 0 aromatic carbocycles. The van der Waals surface area contributed by atoms with E-state index in [0.29, 0.717) is 0 Å². The van der Waals surface area contributed by atoms with Gasteiger partial charge < -0.3 is 0 Å². The molecule has 1 N–H and O–H groups in total. The molecule has 2 heteroatoms. The van der Waals surface area contributed by atoms with Gasteiger partial charge in [0.15, 0.2) is 0 Å². The van der Waals surface area contributed by atoms with E-state index < -0.39 is 0 Å². The molecule has 0 aromatic rings. The predicted octanol–water partition coefficient (Wildman–Crippen LogP) is 0.735. The fourth-order valence-corrected chi connectivity index (χ4v) is 0.199. The summed E-state index contributed by atoms with van der Waals surface area (Å²) in [5, 5.41) is 6.37. The van der Waals surface area contributed by atoms with Crippen LogP contribution in [0.1, 0.15) is 0 Å². The minimum absolute atomic E-state index is 1.22. The largest absolute Gasteiger partial charge is 0.259 e. The molecular formula is C6H5NO. The van der Waals surface area contributed by atoms with E-state index in [0.717, 1.165) is 0 Å². The molecule has 0 bridgehead atoms. The van der Waals surface area contributed by atoms with Gasteiger partial charge in [0, 0.05) is 6.08 Å². The van der Waals surface area contributed by atoms with Crippen LogP contribution >= 0.6 is 0 Å². The molecule has 2 nitrogen and oxygen atoms in total. The summed E-state index contributed by atoms with van der Waals surface area (Å²) in [6.07, 6.45) is 5.61. The molecule has 0 aliphatic carbocycles. The summed E-state index contributed by atoms with van der Waals surface area (Å²) in [6.45, 7) is 0. The Kier molecular flexibility index (Phi) is 4.68. The molecule has 0 amide bonds. The smallest absolute Gasteiger partial charge is 0.124 e. The van der Waals surface area contributed by atoms with Crippen molar-refractivity contribution < 1.29 is 4.79 Å². The Morgan fingerprint density at radius 3 is 2.38 bits per heavy atom. The first kappa shape index (κ1) is 6.64. The van der Waals surface area contributed by atoms with Gasteiger partial charge in [-0.15, -0.1) is 0 Å². The maximum atomic E-state index is 9.46. The second kappa shape index (κ2) is 5.64. The standard InChI is InChI=1S/C6H5NO/c7-5-3-1-2-4-6-8/h1-4,7H/b2-1+. The molecule has 0 rings (SSSR count). The van der Waals surface area contributed by atoms with E-state index in [9.17, 15) is 4.79 Å². The van der Waals surface area contributed by atoms with Crippen LogP contribution in [0.25, 0.3) is 0 Å². The third-order valence-electron chi connectivity index (χ3n) is 0.455. The highest BCUT2D eigenvalue weighted by atomic mass is 16.1. The van der Waals surface area contributed by atoms with Crippen molar-refractivity contribution in [3.05, 3.63) is 24.3 Å². The summed E-state index contributed by atoms with van der Waals surface area (Å²) < 4.78 is 0. The van der Waals surface area contributed by atoms with Gasteiger partial charge in [-0.1, -0.05) is 12.2 Å². The Morgan fingerprint density at radius 2 is 1.88 bits per heavy atom. The summed E-state index contributed by atoms with van der Waals surface area (Å²) in [5.74, 6) is 3.57. The van der Waals surface area contributed by atoms with Crippen molar-refractivity contribution in [1.29, 1.82) is 5.41 Å². The van der Waals surface area contributed by atoms with E-state index in [1.807, 2.05) is 5.87 Å². The van der Waals surface area contributed by atoms with Crippen molar-refractivity contribution in [3.63, 3.8) is 0 Å². The molecule has 8 heavy (non-hydrogen) atoms. The lowest BCUT2D eigenvalue weighted by Crippen LogP contribution is -1.49. The molecule has 0 aromatic heterocycles. The summed E-state index contributed by atoms with van der Waals surface area (Å²) in [4.78, 5) is 9.46. The topological polar surface area (TPSA) is 40.9 Å². The monoisotopic (exact) mass is 107 g/mol. The predicted molar refractivity (Wildman–Crippen MR) is 31.7 cm³/mol. The molecule has 0 unspecified atom stereocenters. The van der Waals surface area contributed by atoms with Crippen molar-refractivity contribution in [3.8, 4) is 0 Å². The van der Waals surface area contributed by atoms with E-state index >= 15 is 0 Å². The van der Waals surface area contributed by atoms with Gasteiger partial charge in [0.25, 0.3) is 0 Å². The fourth-order valence-electron chi connectivity index (χ4n) is 0.199. The minimum Gasteiger partial charge on any atom is -0.259 e. The summed E-state index contributed by atoms with van der Waals surface area (Å²) in [6, 6.07) is 0. The highest BCUT2D eigenvalue weighted by Crippen LogP contribution is 1.68. The Bertz CT molecular complexity index is 149. The van der Waals surface area contributed by atoms with E-state index in [4.69, 9.17) is 5.41 Å². The number of hydrogen-bond acceptors (Lipinski definition) is 2. The molecule has 40 valence electrons. The van der Waals surface area contributed by atoms with Gasteiger partial charge in [-0.2, -0.15) is 0 Å². The molecule has 0 fully saturated rings. The lowest BCUT2D eigenvalue weighted by molar-refractivity contribution is 0.569. The normalized spacial score (nSPS) is 7.50. The zero-order valence-corrected chi connectivity index (χ0v) is 4.22. The zero-order chi connectivity index (χ0) is 6.24. The molecule has 0 aliphatic rings. The Morgan fingerprint density at radius 1 is 1.25 bits per heavy atom. The molecule has 0 saturated heterocycles. The Labute approximate surface area is 47.3 Å². The van der Waals surface area contributed by atoms with Crippen LogP contribution in [-0.4, -0.2) is 11.8 Å². The van der Waals surface area contributed by atoms with Crippen LogP contribution in [-0.2, 0) is 4.79 Å². The van der Waals surface area contributed by atoms with Gasteiger partial charge in [-0.3, -0.25) is 5.41 Å². The Hall–Kier alpha value is -1.36. The SMILES string of the molecule is N=C=C/C=C/C=C=O. The highest BCUT2D eigenvalue weighted by molar-refractivity contribution is 5.53. The lowest BCUT2D eigenvalue weighted by atomic mass is 10.5. The average Bonchev–Trinajstić information content (AvgIpc) is 1.81. The Balaban J connectivity index is 3.66. The van der Waals surface area contributed by atoms with Crippen molar-refractivity contribution >= 4 is 11.8 Å². The van der Waals surface area contributed by atoms with E-state index in [2.05, 4.69) is 0 Å². The van der Waals surface area contributed by atoms with Crippen LogP contribution in [0, 0.1) is 5.41 Å². The van der Waals surface area contributed by atoms with Crippen LogP contribution in [0.15, 0.2) is 24.3 Å². The molecule has 0 radical (unpaired) electrons. The third-order valence-corrected chi connectivity index (χ3v) is 0.455. The molecular weight excluding hydrogens is 102 g/mol. The number of rotatable bonds is 2. The fraction of sp³-hybridized carbons (Fsp3) is 0. The molecule has 0 saturated carbocycles. The van der Waals surface area contributed by atoms with Gasteiger partial charge in [0.05, 0.1) is 0 Å². The average molecular weight is 107 g/mol. The van der Waals surface area contributed by atoms with E-state index in [1.165, 1.54) is 24.3 Å². The molecule has 0 aliphatic heterocycles. The quantitative estimate of drug-likeness (QED) is 0.315. The van der Waals surface area contributed by atoms with Crippen LogP contribution in [0.3, 0.4) is 0 Å². The minimum atomic E-state index is 1.22. The van der Waals surface area contributed by atoms with E-state index in [1.54, 1.807) is 5.94 Å². The molecule has 0 atom stereocenters. The molecule has 0 spiro atoms. The highest BCUT2D eigenvalue weighted by Gasteiger charge is 1.55. The van der Waals surface area contributed by atoms with Crippen molar-refractivity contribution in [2.24, 2.45) is 0 Å². The maximum absolute atomic E-state index is 9.46. The van der Waals surface area contributed by atoms with Crippen LogP contribution in [0.5, 0.6) is 0 Å². The maximum Gasteiger partial charge on any atom is 0.124 e. The molecule has 0 heterocycles. The van der Waals surface area contributed by atoms with Gasteiger partial charge in [0.2, 0.25) is 0 Å². The first-order valence-electron chi connectivity index (χ1n) is 2.03. The second-order valence-electron chi connectivity index (χ2n) is 0.980. The van der Waals surface area contributed by atoms with Crippen molar-refractivity contribution in [2.75, 3.05) is 0 Å². The van der Waals surface area contributed by atoms with E-state index in [-0.39, 0.29) is 0 Å². The van der Waals surface area contributed by atoms with Crippen LogP contribution < -0.4 is 0 Å². The zero-order valence-electron chi connectivity index (χ0n) is 4.22. The second-order valence-corrected chi connectivity index (χ2v) is 0.980. The third kappa shape index (κ3) is 4.64. The number of allylic oxidation sites excluding steroid dienone is 4. The number of nitrogens with one attached hydrogen (secondary N) is 1. The number of carbonyl (C=O) groups excluding carboxylic acids is 1. The van der Waals surface area contributed by atoms with Gasteiger partial charge in [0.1, 0.15) is 5.94 Å². The van der Waals surface area contributed by atoms with Crippen molar-refractivity contribution in [1.82, 2.24) is 0 Å². The number of hydrogen-bond donors (Lipinski definition) is 1. The first-order valence-corrected chi connectivity index (χ1v) is 2.03. The van der Waals surface area contributed by atoms with Gasteiger partial charge in [-0.05, 0) is 11.9 Å². The summed E-state index contributed by atoms with van der Waals surface area (Å²) in [7, 11) is 0. The van der Waals surface area contributed by atoms with Crippen LogP contribution in [0.4, 0.5) is 0 Å². The first-order chi connectivity index (χ1) is 3.91. The lowest BCUT2D eigenvalue weighted by Gasteiger charge is -1.59. The van der Waals surface area contributed by atoms with Crippen LogP contribution in [0.2, 0.25) is 0 Å². The summed E-state index contributed by atoms with van der Waals surface area (Å²) in [5.41, 5.74) is 0. The summed E-state index contributed by atoms with van der Waals surface area (Å²) >= 11 is 0. The van der Waals surface area contributed by atoms with Gasteiger partial charge in [-0.25, -0.2) is 4.79 Å².